The minimum atomic E-state index is -0.893. The van der Waals surface area contributed by atoms with Gasteiger partial charge in [0.25, 0.3) is 0 Å². The van der Waals surface area contributed by atoms with Gasteiger partial charge >= 0.3 is 5.97 Å². The van der Waals surface area contributed by atoms with Crippen LogP contribution in [0.3, 0.4) is 0 Å². The van der Waals surface area contributed by atoms with Crippen molar-refractivity contribution in [1.82, 2.24) is 14.5 Å². The smallest absolute Gasteiger partial charge is 0.307 e. The Hall–Kier alpha value is -3.39. The minimum absolute atomic E-state index is 0.0866. The third-order valence-corrected chi connectivity index (χ3v) is 6.13. The molecule has 7 nitrogen and oxygen atoms in total. The number of aryl methyl sites for hydroxylation is 1. The van der Waals surface area contributed by atoms with Crippen LogP contribution in [0.2, 0.25) is 0 Å². The molecular weight excluding hydrogens is 484 g/mol. The van der Waals surface area contributed by atoms with Gasteiger partial charge in [0, 0.05) is 46.8 Å². The van der Waals surface area contributed by atoms with Gasteiger partial charge in [-0.2, -0.15) is 0 Å². The highest BCUT2D eigenvalue weighted by Gasteiger charge is 2.12. The fourth-order valence-electron chi connectivity index (χ4n) is 3.92. The van der Waals surface area contributed by atoms with Gasteiger partial charge in [-0.1, -0.05) is 34.1 Å². The van der Waals surface area contributed by atoms with Crippen molar-refractivity contribution in [1.29, 1.82) is 0 Å². The minimum Gasteiger partial charge on any atom is -0.494 e. The predicted molar refractivity (Wildman–Crippen MR) is 133 cm³/mol. The fourth-order valence-corrected chi connectivity index (χ4v) is 4.37. The molecule has 0 aliphatic heterocycles. The number of carboxylic acids is 1. The second kappa shape index (κ2) is 10.0. The Balaban J connectivity index is 1.50. The fraction of sp³-hybridized carbons (Fsp3) is 0.240. The molecule has 33 heavy (non-hydrogen) atoms. The van der Waals surface area contributed by atoms with Gasteiger partial charge in [-0.15, -0.1) is 0 Å². The molecule has 0 aliphatic rings. The number of ether oxygens (including phenoxy) is 1. The molecule has 0 unspecified atom stereocenters. The molecule has 0 radical (unpaired) electrons. The van der Waals surface area contributed by atoms with Crippen LogP contribution in [-0.4, -0.2) is 38.8 Å². The van der Waals surface area contributed by atoms with Crippen molar-refractivity contribution in [3.63, 3.8) is 0 Å². The Morgan fingerprint density at radius 3 is 2.76 bits per heavy atom. The third kappa shape index (κ3) is 5.17. The van der Waals surface area contributed by atoms with Gasteiger partial charge in [0.15, 0.2) is 0 Å². The largest absolute Gasteiger partial charge is 0.494 e. The van der Waals surface area contributed by atoms with E-state index in [0.717, 1.165) is 34.5 Å². The van der Waals surface area contributed by atoms with Gasteiger partial charge in [-0.25, -0.2) is 9.97 Å². The van der Waals surface area contributed by atoms with E-state index in [1.807, 2.05) is 25.1 Å². The first-order valence-electron chi connectivity index (χ1n) is 10.7. The number of nitrogens with one attached hydrogen (secondary N) is 1. The first-order chi connectivity index (χ1) is 16.0. The summed E-state index contributed by atoms with van der Waals surface area (Å²) in [5.41, 5.74) is 4.71. The van der Waals surface area contributed by atoms with Crippen LogP contribution < -0.4 is 10.1 Å². The maximum atomic E-state index is 11.1. The zero-order chi connectivity index (χ0) is 23.4. The first kappa shape index (κ1) is 22.8. The van der Waals surface area contributed by atoms with E-state index < -0.39 is 5.97 Å². The normalized spacial score (nSPS) is 11.0. The number of aromatic nitrogens is 3. The van der Waals surface area contributed by atoms with Crippen LogP contribution in [0.5, 0.6) is 5.75 Å². The van der Waals surface area contributed by atoms with Crippen molar-refractivity contribution in [2.45, 2.75) is 19.8 Å². The van der Waals surface area contributed by atoms with Crippen LogP contribution in [0.25, 0.3) is 22.2 Å². The van der Waals surface area contributed by atoms with Gasteiger partial charge < -0.3 is 19.7 Å². The number of fused-ring (bicyclic) bond motifs is 1. The average molecular weight is 509 g/mol. The van der Waals surface area contributed by atoms with E-state index in [1.54, 1.807) is 6.07 Å². The second-order valence-electron chi connectivity index (χ2n) is 7.69. The van der Waals surface area contributed by atoms with E-state index >= 15 is 0 Å². The summed E-state index contributed by atoms with van der Waals surface area (Å²) in [5, 5.41) is 13.7. The molecule has 2 aromatic carbocycles. The molecule has 8 heteroatoms. The zero-order valence-corrected chi connectivity index (χ0v) is 20.1. The van der Waals surface area contributed by atoms with Gasteiger partial charge in [0.1, 0.15) is 17.9 Å². The summed E-state index contributed by atoms with van der Waals surface area (Å²) in [6.45, 7) is 3.05. The molecule has 0 amide bonds. The molecule has 4 rings (SSSR count). The molecule has 0 spiro atoms. The van der Waals surface area contributed by atoms with Gasteiger partial charge in [0.2, 0.25) is 0 Å². The molecule has 2 N–H and O–H groups in total. The highest BCUT2D eigenvalue weighted by molar-refractivity contribution is 9.10. The maximum absolute atomic E-state index is 11.1. The summed E-state index contributed by atoms with van der Waals surface area (Å²) in [7, 11) is 2.06. The van der Waals surface area contributed by atoms with Crippen LogP contribution >= 0.6 is 15.9 Å². The number of carboxylic acid groups (broad SMARTS) is 1. The number of halogens is 1. The van der Waals surface area contributed by atoms with Gasteiger partial charge in [0.05, 0.1) is 24.2 Å². The van der Waals surface area contributed by atoms with Crippen LogP contribution in [0, 0.1) is 0 Å². The lowest BCUT2D eigenvalue weighted by molar-refractivity contribution is -0.136. The Morgan fingerprint density at radius 1 is 1.15 bits per heavy atom. The van der Waals surface area contributed by atoms with Crippen LogP contribution in [0.4, 0.5) is 5.82 Å². The van der Waals surface area contributed by atoms with Crippen LogP contribution in [0.1, 0.15) is 18.1 Å². The number of benzene rings is 2. The van der Waals surface area contributed by atoms with Crippen molar-refractivity contribution >= 4 is 38.6 Å². The maximum Gasteiger partial charge on any atom is 0.307 e. The molecular formula is C25H25BrN4O3. The molecule has 0 saturated carbocycles. The van der Waals surface area contributed by atoms with Crippen molar-refractivity contribution < 1.29 is 14.6 Å². The number of hydrogen-bond donors (Lipinski definition) is 2. The second-order valence-corrected chi connectivity index (χ2v) is 8.54. The summed E-state index contributed by atoms with van der Waals surface area (Å²) in [5.74, 6) is 0.399. The standard InChI is InChI=1S/C25H25BrN4O3/c1-3-33-22-12-17(4-5-18(22)13-24(31)32)21-14-23(29-15-28-21)27-10-8-16-6-7-20(26)19-9-11-30(2)25(16)19/h4-7,9,11-12,14-15H,3,8,10,13H2,1-2H3,(H,31,32)(H,27,28,29). The van der Waals surface area contributed by atoms with E-state index in [2.05, 4.69) is 67.2 Å². The molecule has 4 aromatic rings. The molecule has 2 heterocycles. The zero-order valence-electron chi connectivity index (χ0n) is 18.5. The number of carbonyl (C=O) groups is 1. The number of anilines is 1. The molecule has 0 atom stereocenters. The van der Waals surface area contributed by atoms with Crippen molar-refractivity contribution in [3.8, 4) is 17.0 Å². The van der Waals surface area contributed by atoms with Crippen LogP contribution in [0.15, 0.2) is 59.5 Å². The lowest BCUT2D eigenvalue weighted by atomic mass is 10.1. The Labute approximate surface area is 200 Å². The number of hydrogen-bond acceptors (Lipinski definition) is 5. The summed E-state index contributed by atoms with van der Waals surface area (Å²) < 4.78 is 8.90. The van der Waals surface area contributed by atoms with Crippen LogP contribution in [-0.2, 0) is 24.7 Å². The highest BCUT2D eigenvalue weighted by atomic mass is 79.9. The quantitative estimate of drug-likeness (QED) is 0.327. The Kier molecular flexibility index (Phi) is 6.93. The number of nitrogens with zero attached hydrogens (tertiary/aromatic N) is 3. The van der Waals surface area contributed by atoms with E-state index in [9.17, 15) is 4.79 Å². The van der Waals surface area contributed by atoms with E-state index in [0.29, 0.717) is 17.9 Å². The van der Waals surface area contributed by atoms with Gasteiger partial charge in [-0.3, -0.25) is 4.79 Å². The van der Waals surface area contributed by atoms with E-state index in [-0.39, 0.29) is 6.42 Å². The SMILES string of the molecule is CCOc1cc(-c2cc(NCCc3ccc(Br)c4ccn(C)c34)ncn2)ccc1CC(=O)O. The first-order valence-corrected chi connectivity index (χ1v) is 11.5. The van der Waals surface area contributed by atoms with E-state index in [4.69, 9.17) is 9.84 Å². The summed E-state index contributed by atoms with van der Waals surface area (Å²) in [6, 6.07) is 13.7. The summed E-state index contributed by atoms with van der Waals surface area (Å²) >= 11 is 3.63. The summed E-state index contributed by atoms with van der Waals surface area (Å²) in [6.07, 6.45) is 4.36. The number of aliphatic carboxylic acids is 1. The third-order valence-electron chi connectivity index (χ3n) is 5.44. The van der Waals surface area contributed by atoms with E-state index in [1.165, 1.54) is 22.8 Å². The highest BCUT2D eigenvalue weighted by Crippen LogP contribution is 2.29. The van der Waals surface area contributed by atoms with Crippen molar-refractivity contribution in [3.05, 3.63) is 70.6 Å². The molecule has 0 aliphatic carbocycles. The molecule has 0 saturated heterocycles. The molecule has 0 bridgehead atoms. The Bertz CT molecular complexity index is 1300. The predicted octanol–water partition coefficient (Wildman–Crippen LogP) is 5.08. The number of rotatable bonds is 9. The topological polar surface area (TPSA) is 89.3 Å². The average Bonchev–Trinajstić information content (AvgIpc) is 3.19. The monoisotopic (exact) mass is 508 g/mol. The van der Waals surface area contributed by atoms with Gasteiger partial charge in [-0.05, 0) is 37.1 Å². The molecule has 0 fully saturated rings. The van der Waals surface area contributed by atoms with Crippen molar-refractivity contribution in [2.75, 3.05) is 18.5 Å². The molecule has 2 aromatic heterocycles. The summed E-state index contributed by atoms with van der Waals surface area (Å²) in [4.78, 5) is 19.9. The Morgan fingerprint density at radius 2 is 1.97 bits per heavy atom. The van der Waals surface area contributed by atoms with Crippen molar-refractivity contribution in [2.24, 2.45) is 7.05 Å². The lowest BCUT2D eigenvalue weighted by Gasteiger charge is -2.12. The molecule has 170 valence electrons. The lowest BCUT2D eigenvalue weighted by Crippen LogP contribution is -2.08.